The second kappa shape index (κ2) is 9.46. The molecular weight excluding hydrogens is 196 g/mol. The number of hydrogen-bond donors (Lipinski definition) is 0. The average Bonchev–Trinajstić information content (AvgIpc) is 2.29. The van der Waals surface area contributed by atoms with E-state index in [0.717, 1.165) is 12.8 Å². The topological polar surface area (TPSA) is 17.1 Å². The van der Waals surface area contributed by atoms with E-state index in [1.807, 2.05) is 0 Å². The van der Waals surface area contributed by atoms with Gasteiger partial charge in [0.2, 0.25) is 5.78 Å². The van der Waals surface area contributed by atoms with Gasteiger partial charge in [-0.1, -0.05) is 57.3 Å². The molecule has 0 unspecified atom stereocenters. The van der Waals surface area contributed by atoms with Crippen LogP contribution in [0.3, 0.4) is 0 Å². The van der Waals surface area contributed by atoms with Crippen LogP contribution in [0.2, 0.25) is 0 Å². The van der Waals surface area contributed by atoms with Crippen LogP contribution in [0, 0.1) is 11.8 Å². The Morgan fingerprint density at radius 3 is 1.81 bits per heavy atom. The number of Topliss-reactive ketones (excluding diaryl/α,β-unsaturated/α-hetero) is 1. The van der Waals surface area contributed by atoms with Crippen molar-refractivity contribution in [1.82, 2.24) is 0 Å². The van der Waals surface area contributed by atoms with Gasteiger partial charge in [-0.05, 0) is 18.8 Å². The summed E-state index contributed by atoms with van der Waals surface area (Å²) in [6.45, 7) is 0. The second-order valence-corrected chi connectivity index (χ2v) is 4.76. The highest BCUT2D eigenvalue weighted by Crippen LogP contribution is 2.12. The molecule has 90 valence electrons. The smallest absolute Gasteiger partial charge is 0.205 e. The molecule has 1 nitrogen and oxygen atoms in total. The first-order valence-electron chi connectivity index (χ1n) is 6.91. The minimum atomic E-state index is 0.148. The molecule has 0 fully saturated rings. The van der Waals surface area contributed by atoms with Crippen molar-refractivity contribution in [3.63, 3.8) is 0 Å². The minimum Gasteiger partial charge on any atom is -0.285 e. The fourth-order valence-electron chi connectivity index (χ4n) is 2.14. The molecule has 0 spiro atoms. The molecule has 0 aromatic rings. The third-order valence-corrected chi connectivity index (χ3v) is 3.18. The van der Waals surface area contributed by atoms with Crippen molar-refractivity contribution in [3.05, 3.63) is 0 Å². The largest absolute Gasteiger partial charge is 0.285 e. The van der Waals surface area contributed by atoms with Gasteiger partial charge in [0.05, 0.1) is 0 Å². The molecule has 0 amide bonds. The van der Waals surface area contributed by atoms with Crippen molar-refractivity contribution < 1.29 is 4.79 Å². The van der Waals surface area contributed by atoms with Crippen LogP contribution in [0.5, 0.6) is 0 Å². The number of hydrogen-bond acceptors (Lipinski definition) is 1. The molecule has 16 heavy (non-hydrogen) atoms. The summed E-state index contributed by atoms with van der Waals surface area (Å²) in [6, 6.07) is 0. The van der Waals surface area contributed by atoms with E-state index >= 15 is 0 Å². The highest BCUT2D eigenvalue weighted by Gasteiger charge is 1.98. The summed E-state index contributed by atoms with van der Waals surface area (Å²) in [6.07, 6.45) is 14.4. The quantitative estimate of drug-likeness (QED) is 0.440. The molecule has 0 heterocycles. The van der Waals surface area contributed by atoms with Crippen LogP contribution in [0.1, 0.15) is 77.0 Å². The first-order chi connectivity index (χ1) is 7.89. The van der Waals surface area contributed by atoms with Gasteiger partial charge < -0.3 is 0 Å². The Morgan fingerprint density at radius 1 is 0.688 bits per heavy atom. The Hall–Kier alpha value is -0.770. The Bertz CT molecular complexity index is 244. The van der Waals surface area contributed by atoms with Gasteiger partial charge >= 0.3 is 0 Å². The van der Waals surface area contributed by atoms with Crippen LogP contribution in [0.4, 0.5) is 0 Å². The summed E-state index contributed by atoms with van der Waals surface area (Å²) in [7, 11) is 0. The molecule has 0 bridgehead atoms. The SMILES string of the molecule is O=C1C#CCCCCCCCCCCCC1. The van der Waals surface area contributed by atoms with E-state index in [0.29, 0.717) is 6.42 Å². The van der Waals surface area contributed by atoms with Crippen molar-refractivity contribution in [3.8, 4) is 11.8 Å². The molecule has 1 aliphatic carbocycles. The summed E-state index contributed by atoms with van der Waals surface area (Å²) in [5.41, 5.74) is 0. The van der Waals surface area contributed by atoms with E-state index < -0.39 is 0 Å². The van der Waals surface area contributed by atoms with Crippen molar-refractivity contribution in [2.75, 3.05) is 0 Å². The second-order valence-electron chi connectivity index (χ2n) is 4.76. The molecule has 0 N–H and O–H groups in total. The van der Waals surface area contributed by atoms with Gasteiger partial charge in [0.15, 0.2) is 0 Å². The molecule has 1 aliphatic rings. The zero-order valence-corrected chi connectivity index (χ0v) is 10.4. The maximum atomic E-state index is 11.3. The molecule has 0 aromatic heterocycles. The highest BCUT2D eigenvalue weighted by molar-refractivity contribution is 5.95. The minimum absolute atomic E-state index is 0.148. The van der Waals surface area contributed by atoms with Crippen LogP contribution in [-0.4, -0.2) is 5.78 Å². The van der Waals surface area contributed by atoms with E-state index in [9.17, 15) is 4.79 Å². The van der Waals surface area contributed by atoms with Crippen molar-refractivity contribution in [2.45, 2.75) is 77.0 Å². The highest BCUT2D eigenvalue weighted by atomic mass is 16.1. The summed E-state index contributed by atoms with van der Waals surface area (Å²) in [5.74, 6) is 5.92. The lowest BCUT2D eigenvalue weighted by Crippen LogP contribution is -1.93. The number of rotatable bonds is 0. The van der Waals surface area contributed by atoms with Gasteiger partial charge in [0.1, 0.15) is 0 Å². The Balaban J connectivity index is 2.24. The average molecular weight is 220 g/mol. The standard InChI is InChI=1S/C15H24O/c16-15-13-11-9-7-5-3-1-2-4-6-8-10-12-14-15/h1-11,13H2. The summed E-state index contributed by atoms with van der Waals surface area (Å²) >= 11 is 0. The predicted octanol–water partition coefficient (Wildman–Crippen LogP) is 4.25. The lowest BCUT2D eigenvalue weighted by Gasteiger charge is -2.01. The molecule has 0 saturated heterocycles. The van der Waals surface area contributed by atoms with Crippen LogP contribution < -0.4 is 0 Å². The van der Waals surface area contributed by atoms with Gasteiger partial charge in [-0.25, -0.2) is 0 Å². The molecule has 1 rings (SSSR count). The Morgan fingerprint density at radius 2 is 1.19 bits per heavy atom. The maximum Gasteiger partial charge on any atom is 0.205 e. The maximum absolute atomic E-state index is 11.3. The number of carbonyl (C=O) groups excluding carboxylic acids is 1. The summed E-state index contributed by atoms with van der Waals surface area (Å²) in [4.78, 5) is 11.3. The van der Waals surface area contributed by atoms with Gasteiger partial charge in [-0.3, -0.25) is 4.79 Å². The molecular formula is C15H24O. The molecule has 0 aromatic carbocycles. The van der Waals surface area contributed by atoms with Gasteiger partial charge in [-0.15, -0.1) is 0 Å². The van der Waals surface area contributed by atoms with Gasteiger partial charge in [0, 0.05) is 12.8 Å². The van der Waals surface area contributed by atoms with E-state index in [1.165, 1.54) is 57.8 Å². The number of ketones is 1. The zero-order chi connectivity index (χ0) is 11.5. The van der Waals surface area contributed by atoms with Crippen molar-refractivity contribution in [1.29, 1.82) is 0 Å². The molecule has 0 radical (unpaired) electrons. The van der Waals surface area contributed by atoms with E-state index in [2.05, 4.69) is 11.8 Å². The number of carbonyl (C=O) groups is 1. The van der Waals surface area contributed by atoms with Crippen molar-refractivity contribution >= 4 is 5.78 Å². The summed E-state index contributed by atoms with van der Waals surface area (Å²) in [5, 5.41) is 0. The third kappa shape index (κ3) is 7.51. The van der Waals surface area contributed by atoms with Crippen LogP contribution in [0.15, 0.2) is 0 Å². The van der Waals surface area contributed by atoms with Crippen LogP contribution in [0.25, 0.3) is 0 Å². The third-order valence-electron chi connectivity index (χ3n) is 3.18. The van der Waals surface area contributed by atoms with Crippen LogP contribution in [-0.2, 0) is 4.79 Å². The first-order valence-corrected chi connectivity index (χ1v) is 6.91. The van der Waals surface area contributed by atoms with Gasteiger partial charge in [0.25, 0.3) is 0 Å². The predicted molar refractivity (Wildman–Crippen MR) is 68.2 cm³/mol. The molecule has 0 aliphatic heterocycles. The molecule has 1 heteroatoms. The fraction of sp³-hybridized carbons (Fsp3) is 0.800. The lowest BCUT2D eigenvalue weighted by atomic mass is 10.1. The monoisotopic (exact) mass is 220 g/mol. The van der Waals surface area contributed by atoms with Gasteiger partial charge in [-0.2, -0.15) is 0 Å². The fourth-order valence-corrected chi connectivity index (χ4v) is 2.14. The normalized spacial score (nSPS) is 21.4. The van der Waals surface area contributed by atoms with E-state index in [-0.39, 0.29) is 5.78 Å². The molecule has 0 atom stereocenters. The van der Waals surface area contributed by atoms with E-state index in [1.54, 1.807) is 0 Å². The lowest BCUT2D eigenvalue weighted by molar-refractivity contribution is -0.113. The Labute approximate surface area is 100 Å². The zero-order valence-electron chi connectivity index (χ0n) is 10.4. The first kappa shape index (κ1) is 13.3. The summed E-state index contributed by atoms with van der Waals surface area (Å²) < 4.78 is 0. The van der Waals surface area contributed by atoms with E-state index in [4.69, 9.17) is 0 Å². The van der Waals surface area contributed by atoms with Crippen molar-refractivity contribution in [2.24, 2.45) is 0 Å². The Kier molecular flexibility index (Phi) is 7.86. The van der Waals surface area contributed by atoms with Crippen LogP contribution >= 0.6 is 0 Å². The molecule has 0 saturated carbocycles.